The van der Waals surface area contributed by atoms with Gasteiger partial charge in [-0.3, -0.25) is 9.36 Å². The Labute approximate surface area is 118 Å². The molecule has 0 aliphatic carbocycles. The third-order valence-electron chi connectivity index (χ3n) is 3.12. The Balaban J connectivity index is 2.05. The molecule has 2 heterocycles. The van der Waals surface area contributed by atoms with Crippen molar-refractivity contribution in [3.63, 3.8) is 0 Å². The zero-order valence-electron chi connectivity index (χ0n) is 10.8. The molecule has 0 saturated heterocycles. The maximum Gasteiger partial charge on any atom is 0.263 e. The van der Waals surface area contributed by atoms with Crippen molar-refractivity contribution in [1.82, 2.24) is 14.5 Å². The van der Waals surface area contributed by atoms with Crippen molar-refractivity contribution in [2.45, 2.75) is 6.54 Å². The maximum atomic E-state index is 13.9. The van der Waals surface area contributed by atoms with E-state index >= 15 is 0 Å². The molecule has 2 aromatic heterocycles. The quantitative estimate of drug-likeness (QED) is 0.718. The van der Waals surface area contributed by atoms with Crippen LogP contribution in [0.25, 0.3) is 11.0 Å². The number of fused-ring (bicyclic) bond motifs is 1. The molecule has 0 saturated carbocycles. The Morgan fingerprint density at radius 2 is 2.14 bits per heavy atom. The van der Waals surface area contributed by atoms with Crippen LogP contribution in [-0.2, 0) is 6.54 Å². The first-order valence-electron chi connectivity index (χ1n) is 6.18. The molecule has 0 atom stereocenters. The predicted molar refractivity (Wildman–Crippen MR) is 74.0 cm³/mol. The van der Waals surface area contributed by atoms with Crippen LogP contribution in [0.4, 0.5) is 4.39 Å². The van der Waals surface area contributed by atoms with Crippen molar-refractivity contribution in [3.8, 4) is 6.07 Å². The molecule has 0 spiro atoms. The van der Waals surface area contributed by atoms with Gasteiger partial charge in [-0.25, -0.2) is 14.4 Å². The molecule has 1 aromatic carbocycles. The largest absolute Gasteiger partial charge is 0.294 e. The fourth-order valence-corrected chi connectivity index (χ4v) is 2.04. The minimum Gasteiger partial charge on any atom is -0.294 e. The van der Waals surface area contributed by atoms with Gasteiger partial charge in [-0.05, 0) is 24.3 Å². The predicted octanol–water partition coefficient (Wildman–Crippen LogP) is 1.85. The average molecular weight is 280 g/mol. The highest BCUT2D eigenvalue weighted by molar-refractivity contribution is 5.72. The van der Waals surface area contributed by atoms with Crippen molar-refractivity contribution < 1.29 is 4.39 Å². The monoisotopic (exact) mass is 280 g/mol. The van der Waals surface area contributed by atoms with Gasteiger partial charge in [-0.2, -0.15) is 5.26 Å². The summed E-state index contributed by atoms with van der Waals surface area (Å²) in [4.78, 5) is 20.3. The van der Waals surface area contributed by atoms with Crippen molar-refractivity contribution >= 4 is 11.0 Å². The fourth-order valence-electron chi connectivity index (χ4n) is 2.04. The molecule has 5 nitrogen and oxygen atoms in total. The summed E-state index contributed by atoms with van der Waals surface area (Å²) < 4.78 is 15.2. The molecule has 0 aliphatic heterocycles. The van der Waals surface area contributed by atoms with Gasteiger partial charge in [-0.15, -0.1) is 0 Å². The fraction of sp³-hybridized carbons (Fsp3) is 0.0667. The van der Waals surface area contributed by atoms with Gasteiger partial charge >= 0.3 is 0 Å². The number of nitriles is 1. The summed E-state index contributed by atoms with van der Waals surface area (Å²) in [5.41, 5.74) is 0.640. The Bertz CT molecular complexity index is 927. The second-order valence-electron chi connectivity index (χ2n) is 4.47. The van der Waals surface area contributed by atoms with Crippen LogP contribution in [0.5, 0.6) is 0 Å². The number of halogens is 1. The van der Waals surface area contributed by atoms with Gasteiger partial charge in [0.2, 0.25) is 0 Å². The summed E-state index contributed by atoms with van der Waals surface area (Å²) in [6.07, 6.45) is 2.90. The van der Waals surface area contributed by atoms with E-state index in [4.69, 9.17) is 5.26 Å². The maximum absolute atomic E-state index is 13.9. The van der Waals surface area contributed by atoms with E-state index in [0.29, 0.717) is 16.6 Å². The van der Waals surface area contributed by atoms with Gasteiger partial charge in [0, 0.05) is 11.8 Å². The zero-order valence-corrected chi connectivity index (χ0v) is 10.8. The van der Waals surface area contributed by atoms with E-state index in [1.165, 1.54) is 23.0 Å². The highest BCUT2D eigenvalue weighted by atomic mass is 19.1. The van der Waals surface area contributed by atoms with Crippen LogP contribution < -0.4 is 5.56 Å². The molecule has 21 heavy (non-hydrogen) atoms. The topological polar surface area (TPSA) is 71.6 Å². The first-order chi connectivity index (χ1) is 10.2. The van der Waals surface area contributed by atoms with E-state index in [0.717, 1.165) is 6.07 Å². The lowest BCUT2D eigenvalue weighted by molar-refractivity contribution is 0.595. The average Bonchev–Trinajstić information content (AvgIpc) is 2.52. The van der Waals surface area contributed by atoms with Crippen molar-refractivity contribution in [3.05, 3.63) is 70.2 Å². The second-order valence-corrected chi connectivity index (χ2v) is 4.47. The summed E-state index contributed by atoms with van der Waals surface area (Å²) in [5.74, 6) is -0.521. The Hall–Kier alpha value is -3.07. The summed E-state index contributed by atoms with van der Waals surface area (Å²) >= 11 is 0. The minimum atomic E-state index is -0.521. The van der Waals surface area contributed by atoms with Crippen LogP contribution >= 0.6 is 0 Å². The lowest BCUT2D eigenvalue weighted by Gasteiger charge is -2.07. The number of rotatable bonds is 2. The van der Waals surface area contributed by atoms with Crippen LogP contribution in [0, 0.1) is 17.1 Å². The molecule has 6 heteroatoms. The number of hydrogen-bond acceptors (Lipinski definition) is 4. The smallest absolute Gasteiger partial charge is 0.263 e. The van der Waals surface area contributed by atoms with Crippen LogP contribution in [0.15, 0.2) is 47.7 Å². The van der Waals surface area contributed by atoms with Gasteiger partial charge in [-0.1, -0.05) is 6.07 Å². The van der Waals surface area contributed by atoms with E-state index in [-0.39, 0.29) is 17.7 Å². The van der Waals surface area contributed by atoms with Crippen LogP contribution in [0.3, 0.4) is 0 Å². The highest BCUT2D eigenvalue weighted by Crippen LogP contribution is 2.11. The van der Waals surface area contributed by atoms with E-state index in [1.54, 1.807) is 18.3 Å². The summed E-state index contributed by atoms with van der Waals surface area (Å²) in [5, 5.41) is 9.10. The van der Waals surface area contributed by atoms with E-state index in [1.807, 2.05) is 6.07 Å². The third kappa shape index (κ3) is 2.37. The molecule has 0 aliphatic rings. The standard InChI is InChI=1S/C15H9FN4O/c16-13-6-10(7-17)3-4-11(13)8-20-9-19-14-12(15(20)21)2-1-5-18-14/h1-6,9H,8H2. The normalized spacial score (nSPS) is 10.5. The Morgan fingerprint density at radius 3 is 2.90 bits per heavy atom. The molecule has 0 amide bonds. The Morgan fingerprint density at radius 1 is 1.29 bits per heavy atom. The van der Waals surface area contributed by atoms with Gasteiger partial charge in [0.25, 0.3) is 5.56 Å². The molecular weight excluding hydrogens is 271 g/mol. The van der Waals surface area contributed by atoms with Gasteiger partial charge in [0.15, 0.2) is 5.65 Å². The van der Waals surface area contributed by atoms with Gasteiger partial charge < -0.3 is 0 Å². The number of nitrogens with zero attached hydrogens (tertiary/aromatic N) is 4. The van der Waals surface area contributed by atoms with E-state index < -0.39 is 5.82 Å². The molecule has 0 N–H and O–H groups in total. The molecule has 0 radical (unpaired) electrons. The van der Waals surface area contributed by atoms with Crippen LogP contribution in [-0.4, -0.2) is 14.5 Å². The van der Waals surface area contributed by atoms with Gasteiger partial charge in [0.05, 0.1) is 23.6 Å². The highest BCUT2D eigenvalue weighted by Gasteiger charge is 2.08. The second kappa shape index (κ2) is 5.13. The number of benzene rings is 1. The lowest BCUT2D eigenvalue weighted by Crippen LogP contribution is -2.21. The lowest BCUT2D eigenvalue weighted by atomic mass is 10.1. The van der Waals surface area contributed by atoms with E-state index in [2.05, 4.69) is 9.97 Å². The van der Waals surface area contributed by atoms with Crippen LogP contribution in [0.2, 0.25) is 0 Å². The molecule has 0 unspecified atom stereocenters. The summed E-state index contributed by atoms with van der Waals surface area (Å²) in [6, 6.07) is 9.30. The third-order valence-corrected chi connectivity index (χ3v) is 3.12. The summed E-state index contributed by atoms with van der Waals surface area (Å²) in [7, 11) is 0. The first-order valence-corrected chi connectivity index (χ1v) is 6.18. The molecule has 102 valence electrons. The number of pyridine rings is 1. The zero-order chi connectivity index (χ0) is 14.8. The van der Waals surface area contributed by atoms with Crippen molar-refractivity contribution in [2.75, 3.05) is 0 Å². The molecule has 3 rings (SSSR count). The van der Waals surface area contributed by atoms with Crippen molar-refractivity contribution in [2.24, 2.45) is 0 Å². The molecule has 0 fully saturated rings. The first kappa shape index (κ1) is 12.9. The van der Waals surface area contributed by atoms with E-state index in [9.17, 15) is 9.18 Å². The van der Waals surface area contributed by atoms with Crippen LogP contribution in [0.1, 0.15) is 11.1 Å². The molecule has 3 aromatic rings. The Kier molecular flexibility index (Phi) is 3.16. The number of hydrogen-bond donors (Lipinski definition) is 0. The minimum absolute atomic E-state index is 0.0498. The molecule has 0 bridgehead atoms. The molecular formula is C15H9FN4O. The SMILES string of the molecule is N#Cc1ccc(Cn2cnc3ncccc3c2=O)c(F)c1. The number of aromatic nitrogens is 3. The van der Waals surface area contributed by atoms with Gasteiger partial charge in [0.1, 0.15) is 12.1 Å². The summed E-state index contributed by atoms with van der Waals surface area (Å²) in [6.45, 7) is 0.0498. The van der Waals surface area contributed by atoms with Crippen molar-refractivity contribution in [1.29, 1.82) is 5.26 Å².